The predicted octanol–water partition coefficient (Wildman–Crippen LogP) is 2.09. The normalized spacial score (nSPS) is 17.7. The molecule has 0 spiro atoms. The van der Waals surface area contributed by atoms with Crippen molar-refractivity contribution in [1.82, 2.24) is 15.0 Å². The van der Waals surface area contributed by atoms with Gasteiger partial charge in [-0.15, -0.1) is 0 Å². The van der Waals surface area contributed by atoms with Crippen LogP contribution in [-0.2, 0) is 4.74 Å². The summed E-state index contributed by atoms with van der Waals surface area (Å²) in [4.78, 5) is 30.8. The van der Waals surface area contributed by atoms with Gasteiger partial charge in [-0.25, -0.2) is 9.78 Å². The van der Waals surface area contributed by atoms with E-state index in [9.17, 15) is 15.0 Å². The number of methoxy groups -OCH3 is 1. The van der Waals surface area contributed by atoms with Gasteiger partial charge in [0.1, 0.15) is 4.88 Å². The van der Waals surface area contributed by atoms with Crippen molar-refractivity contribution in [2.24, 2.45) is 0 Å². The van der Waals surface area contributed by atoms with Crippen molar-refractivity contribution in [1.29, 1.82) is 0 Å². The fourth-order valence-corrected chi connectivity index (χ4v) is 5.04. The number of esters is 1. The van der Waals surface area contributed by atoms with Crippen LogP contribution in [0.3, 0.4) is 0 Å². The summed E-state index contributed by atoms with van der Waals surface area (Å²) in [7, 11) is 1.60. The molecule has 2 aliphatic rings. The van der Waals surface area contributed by atoms with Crippen molar-refractivity contribution < 1.29 is 24.5 Å². The van der Waals surface area contributed by atoms with Gasteiger partial charge in [-0.05, 0) is 39.5 Å². The summed E-state index contributed by atoms with van der Waals surface area (Å²) >= 11 is 1.19. The predicted molar refractivity (Wildman–Crippen MR) is 130 cm³/mol. The molecule has 186 valence electrons. The fraction of sp³-hybridized carbons (Fsp3) is 0.636. The van der Waals surface area contributed by atoms with E-state index >= 15 is 0 Å². The van der Waals surface area contributed by atoms with Gasteiger partial charge in [0.2, 0.25) is 11.7 Å². The van der Waals surface area contributed by atoms with Crippen LogP contribution in [-0.4, -0.2) is 83.2 Å². The highest BCUT2D eigenvalue weighted by Crippen LogP contribution is 2.39. The van der Waals surface area contributed by atoms with Crippen LogP contribution in [0.25, 0.3) is 0 Å². The summed E-state index contributed by atoms with van der Waals surface area (Å²) in [6, 6.07) is 0. The average molecular weight is 493 g/mol. The number of anilines is 4. The van der Waals surface area contributed by atoms with Crippen LogP contribution >= 0.6 is 11.3 Å². The molecule has 4 rings (SSSR count). The SMILES string of the molecule is CCOC(=O)c1sc(Nc2nc(N3CCC(O)CC3)c(OC)c(N3CCC(O)CC3)n2)nc1C. The molecule has 0 saturated carbocycles. The lowest BCUT2D eigenvalue weighted by Crippen LogP contribution is -2.38. The highest BCUT2D eigenvalue weighted by Gasteiger charge is 2.29. The third-order valence-electron chi connectivity index (χ3n) is 6.04. The largest absolute Gasteiger partial charge is 0.490 e. The van der Waals surface area contributed by atoms with Crippen LogP contribution in [0.5, 0.6) is 5.75 Å². The van der Waals surface area contributed by atoms with Gasteiger partial charge in [0.25, 0.3) is 0 Å². The number of carbonyl (C=O) groups is 1. The van der Waals surface area contributed by atoms with Gasteiger partial charge in [0.05, 0.1) is 31.6 Å². The molecule has 0 amide bonds. The molecule has 2 aliphatic heterocycles. The van der Waals surface area contributed by atoms with E-state index in [0.717, 1.165) is 0 Å². The standard InChI is InChI=1S/C22H32N6O5S/c1-4-33-20(31)17-13(2)23-22(34-17)26-21-24-18(27-9-5-14(29)6-10-27)16(32-3)19(25-21)28-11-7-15(30)8-12-28/h14-15,29-30H,4-12H2,1-3H3,(H,23,24,25,26). The maximum Gasteiger partial charge on any atom is 0.350 e. The number of nitrogens with one attached hydrogen (secondary N) is 1. The van der Waals surface area contributed by atoms with Crippen molar-refractivity contribution in [3.63, 3.8) is 0 Å². The van der Waals surface area contributed by atoms with Gasteiger partial charge >= 0.3 is 5.97 Å². The Hall–Kier alpha value is -2.70. The molecular weight excluding hydrogens is 460 g/mol. The maximum absolute atomic E-state index is 12.2. The number of hydrogen-bond donors (Lipinski definition) is 3. The lowest BCUT2D eigenvalue weighted by Gasteiger charge is -2.35. The van der Waals surface area contributed by atoms with Crippen LogP contribution in [0, 0.1) is 6.92 Å². The summed E-state index contributed by atoms with van der Waals surface area (Å²) < 4.78 is 10.9. The number of aliphatic hydroxyl groups excluding tert-OH is 2. The Balaban J connectivity index is 1.69. The van der Waals surface area contributed by atoms with Gasteiger partial charge < -0.3 is 29.5 Å². The molecule has 0 radical (unpaired) electrons. The molecule has 0 aromatic carbocycles. The molecule has 11 nitrogen and oxygen atoms in total. The van der Waals surface area contributed by atoms with E-state index in [0.29, 0.717) is 97.5 Å². The number of thiazole rings is 1. The van der Waals surface area contributed by atoms with E-state index in [4.69, 9.17) is 19.4 Å². The Bertz CT molecular complexity index is 959. The number of ether oxygens (including phenoxy) is 2. The van der Waals surface area contributed by atoms with E-state index < -0.39 is 5.97 Å². The molecule has 12 heteroatoms. The second-order valence-corrected chi connectivity index (χ2v) is 9.44. The zero-order valence-corrected chi connectivity index (χ0v) is 20.6. The quantitative estimate of drug-likeness (QED) is 0.491. The highest BCUT2D eigenvalue weighted by molar-refractivity contribution is 7.17. The number of carbonyl (C=O) groups excluding carboxylic acids is 1. The smallest absolute Gasteiger partial charge is 0.350 e. The van der Waals surface area contributed by atoms with Gasteiger partial charge in [0.15, 0.2) is 16.8 Å². The van der Waals surface area contributed by atoms with Gasteiger partial charge in [-0.2, -0.15) is 9.97 Å². The van der Waals surface area contributed by atoms with E-state index in [-0.39, 0.29) is 12.2 Å². The van der Waals surface area contributed by atoms with Crippen molar-refractivity contribution in [3.8, 4) is 5.75 Å². The summed E-state index contributed by atoms with van der Waals surface area (Å²) in [5, 5.41) is 23.6. The zero-order valence-electron chi connectivity index (χ0n) is 19.8. The monoisotopic (exact) mass is 492 g/mol. The van der Waals surface area contributed by atoms with Crippen LogP contribution in [0.4, 0.5) is 22.7 Å². The maximum atomic E-state index is 12.2. The first-order valence-electron chi connectivity index (χ1n) is 11.6. The van der Waals surface area contributed by atoms with E-state index in [2.05, 4.69) is 20.1 Å². The second kappa shape index (κ2) is 10.7. The van der Waals surface area contributed by atoms with E-state index in [1.165, 1.54) is 11.3 Å². The first-order valence-corrected chi connectivity index (χ1v) is 12.4. The molecular formula is C22H32N6O5S. The summed E-state index contributed by atoms with van der Waals surface area (Å²) in [6.07, 6.45) is 1.96. The van der Waals surface area contributed by atoms with Crippen LogP contribution in [0.15, 0.2) is 0 Å². The minimum Gasteiger partial charge on any atom is -0.490 e. The van der Waals surface area contributed by atoms with Crippen LogP contribution in [0.2, 0.25) is 0 Å². The third kappa shape index (κ3) is 5.34. The molecule has 2 aromatic rings. The lowest BCUT2D eigenvalue weighted by atomic mass is 10.1. The van der Waals surface area contributed by atoms with Crippen molar-refractivity contribution in [2.45, 2.75) is 51.7 Å². The Morgan fingerprint density at radius 2 is 1.56 bits per heavy atom. The molecule has 0 atom stereocenters. The Morgan fingerprint density at radius 3 is 2.03 bits per heavy atom. The fourth-order valence-electron chi connectivity index (χ4n) is 4.18. The Labute approximate surface area is 202 Å². The van der Waals surface area contributed by atoms with Crippen molar-refractivity contribution >= 4 is 40.0 Å². The van der Waals surface area contributed by atoms with Crippen molar-refractivity contribution in [2.75, 3.05) is 55.0 Å². The van der Waals surface area contributed by atoms with Crippen LogP contribution in [0.1, 0.15) is 48.0 Å². The Morgan fingerprint density at radius 1 is 1.03 bits per heavy atom. The summed E-state index contributed by atoms with van der Waals surface area (Å²) in [6.45, 7) is 6.41. The molecule has 4 heterocycles. The molecule has 2 saturated heterocycles. The second-order valence-electron chi connectivity index (χ2n) is 8.44. The first-order chi connectivity index (χ1) is 16.4. The topological polar surface area (TPSA) is 133 Å². The minimum absolute atomic E-state index is 0.294. The van der Waals surface area contributed by atoms with E-state index in [1.54, 1.807) is 21.0 Å². The van der Waals surface area contributed by atoms with Crippen molar-refractivity contribution in [3.05, 3.63) is 10.6 Å². The molecule has 34 heavy (non-hydrogen) atoms. The van der Waals surface area contributed by atoms with Crippen LogP contribution < -0.4 is 19.9 Å². The first kappa shape index (κ1) is 24.4. The zero-order chi connectivity index (χ0) is 24.2. The molecule has 2 aromatic heterocycles. The number of aryl methyl sites for hydroxylation is 1. The molecule has 0 aliphatic carbocycles. The summed E-state index contributed by atoms with van der Waals surface area (Å²) in [5.41, 5.74) is 0.579. The number of hydrogen-bond acceptors (Lipinski definition) is 12. The number of aliphatic hydroxyl groups is 2. The van der Waals surface area contributed by atoms with Gasteiger partial charge in [0, 0.05) is 26.2 Å². The third-order valence-corrected chi connectivity index (χ3v) is 7.09. The highest BCUT2D eigenvalue weighted by atomic mass is 32.1. The number of aromatic nitrogens is 3. The van der Waals surface area contributed by atoms with Gasteiger partial charge in [-0.3, -0.25) is 5.32 Å². The average Bonchev–Trinajstić information content (AvgIpc) is 3.19. The minimum atomic E-state index is -0.402. The Kier molecular flexibility index (Phi) is 7.69. The molecule has 0 bridgehead atoms. The summed E-state index contributed by atoms with van der Waals surface area (Å²) in [5.74, 6) is 1.80. The number of nitrogens with zero attached hydrogens (tertiary/aromatic N) is 5. The molecule has 0 unspecified atom stereocenters. The number of rotatable bonds is 7. The molecule has 3 N–H and O–H groups in total. The lowest BCUT2D eigenvalue weighted by molar-refractivity contribution is 0.0531. The van der Waals surface area contributed by atoms with Gasteiger partial charge in [-0.1, -0.05) is 11.3 Å². The molecule has 2 fully saturated rings. The van der Waals surface area contributed by atoms with E-state index in [1.807, 2.05) is 0 Å². The number of piperidine rings is 2.